The molecule has 0 aromatic carbocycles. The Morgan fingerprint density at radius 1 is 1.36 bits per heavy atom. The average Bonchev–Trinajstić information content (AvgIpc) is 1.98. The van der Waals surface area contributed by atoms with Gasteiger partial charge in [-0.1, -0.05) is 43.4 Å². The van der Waals surface area contributed by atoms with E-state index < -0.39 is 0 Å². The summed E-state index contributed by atoms with van der Waals surface area (Å²) in [5, 5.41) is 0. The lowest BCUT2D eigenvalue weighted by molar-refractivity contribution is 0.824. The summed E-state index contributed by atoms with van der Waals surface area (Å²) in [5.74, 6) is 0. The highest BCUT2D eigenvalue weighted by atomic mass is 16.0. The van der Waals surface area contributed by atoms with E-state index in [0.29, 0.717) is 0 Å². The van der Waals surface area contributed by atoms with E-state index in [-0.39, 0.29) is 5.48 Å². The second kappa shape index (κ2) is 9.18. The van der Waals surface area contributed by atoms with Crippen molar-refractivity contribution in [2.24, 2.45) is 0 Å². The molecule has 0 saturated carbocycles. The topological polar surface area (TPSA) is 31.5 Å². The van der Waals surface area contributed by atoms with Crippen LogP contribution in [0.25, 0.3) is 0 Å². The van der Waals surface area contributed by atoms with Crippen LogP contribution in [0.15, 0.2) is 36.5 Å². The largest absolute Gasteiger partial charge is 0.412 e. The summed E-state index contributed by atoms with van der Waals surface area (Å²) in [6.45, 7) is 8.04. The molecule has 0 heterocycles. The Bertz CT molecular complexity index is 143. The molecule has 0 bridgehead atoms. The highest BCUT2D eigenvalue weighted by molar-refractivity contribution is 5.07. The monoisotopic (exact) mass is 154 g/mol. The Morgan fingerprint density at radius 2 is 2.00 bits per heavy atom. The fourth-order valence-electron chi connectivity index (χ4n) is 0.569. The van der Waals surface area contributed by atoms with Crippen molar-refractivity contribution in [3.63, 3.8) is 0 Å². The molecule has 1 heteroatoms. The Balaban J connectivity index is 0. The van der Waals surface area contributed by atoms with Gasteiger partial charge in [-0.05, 0) is 19.8 Å². The van der Waals surface area contributed by atoms with Crippen LogP contribution in [0.3, 0.4) is 0 Å². The Hall–Kier alpha value is -0.820. The lowest BCUT2D eigenvalue weighted by Crippen LogP contribution is -1.72. The van der Waals surface area contributed by atoms with Crippen molar-refractivity contribution in [2.75, 3.05) is 0 Å². The van der Waals surface area contributed by atoms with Crippen LogP contribution in [0.1, 0.15) is 26.7 Å². The van der Waals surface area contributed by atoms with E-state index in [1.165, 1.54) is 5.57 Å². The molecule has 2 N–H and O–H groups in total. The Morgan fingerprint density at radius 3 is 2.45 bits per heavy atom. The zero-order valence-electron chi connectivity index (χ0n) is 7.43. The first kappa shape index (κ1) is 12.8. The van der Waals surface area contributed by atoms with Crippen molar-refractivity contribution >= 4 is 0 Å². The molecule has 0 aliphatic heterocycles. The van der Waals surface area contributed by atoms with E-state index in [4.69, 9.17) is 0 Å². The zero-order chi connectivity index (χ0) is 7.82. The molecule has 0 amide bonds. The van der Waals surface area contributed by atoms with Gasteiger partial charge in [0.05, 0.1) is 0 Å². The molecule has 0 aromatic rings. The fourth-order valence-corrected chi connectivity index (χ4v) is 0.569. The van der Waals surface area contributed by atoms with Crippen molar-refractivity contribution < 1.29 is 5.48 Å². The van der Waals surface area contributed by atoms with Crippen LogP contribution < -0.4 is 0 Å². The summed E-state index contributed by atoms with van der Waals surface area (Å²) in [6.07, 6.45) is 10.3. The molecular weight excluding hydrogens is 136 g/mol. The smallest absolute Gasteiger partial charge is 0.0138 e. The first-order valence-corrected chi connectivity index (χ1v) is 3.75. The first-order valence-electron chi connectivity index (χ1n) is 3.75. The summed E-state index contributed by atoms with van der Waals surface area (Å²) in [6, 6.07) is 0. The third-order valence-electron chi connectivity index (χ3n) is 1.35. The SMILES string of the molecule is C=C(CC)C/C=C\C=C/C.O. The van der Waals surface area contributed by atoms with E-state index >= 15 is 0 Å². The van der Waals surface area contributed by atoms with Crippen LogP contribution in [0.2, 0.25) is 0 Å². The van der Waals surface area contributed by atoms with Gasteiger partial charge in [-0.25, -0.2) is 0 Å². The number of hydrogen-bond acceptors (Lipinski definition) is 0. The molecule has 11 heavy (non-hydrogen) atoms. The third kappa shape index (κ3) is 9.18. The minimum absolute atomic E-state index is 0. The highest BCUT2D eigenvalue weighted by Crippen LogP contribution is 2.02. The van der Waals surface area contributed by atoms with Crippen molar-refractivity contribution in [2.45, 2.75) is 26.7 Å². The van der Waals surface area contributed by atoms with Crippen LogP contribution in [0.5, 0.6) is 0 Å². The van der Waals surface area contributed by atoms with Crippen LogP contribution in [-0.2, 0) is 0 Å². The maximum atomic E-state index is 3.90. The molecule has 0 aromatic heterocycles. The first-order chi connectivity index (χ1) is 4.81. The summed E-state index contributed by atoms with van der Waals surface area (Å²) >= 11 is 0. The second-order valence-corrected chi connectivity index (χ2v) is 2.26. The van der Waals surface area contributed by atoms with Crippen LogP contribution in [-0.4, -0.2) is 5.48 Å². The molecule has 0 unspecified atom stereocenters. The van der Waals surface area contributed by atoms with Gasteiger partial charge in [-0.15, -0.1) is 0 Å². The van der Waals surface area contributed by atoms with Gasteiger partial charge in [0.25, 0.3) is 0 Å². The van der Waals surface area contributed by atoms with E-state index in [2.05, 4.69) is 25.7 Å². The fraction of sp³-hybridized carbons (Fsp3) is 0.400. The van der Waals surface area contributed by atoms with Gasteiger partial charge in [0.2, 0.25) is 0 Å². The van der Waals surface area contributed by atoms with Gasteiger partial charge >= 0.3 is 0 Å². The van der Waals surface area contributed by atoms with Gasteiger partial charge in [0.15, 0.2) is 0 Å². The molecule has 0 saturated heterocycles. The van der Waals surface area contributed by atoms with Crippen molar-refractivity contribution in [3.8, 4) is 0 Å². The van der Waals surface area contributed by atoms with Gasteiger partial charge in [0, 0.05) is 0 Å². The number of hydrogen-bond donors (Lipinski definition) is 0. The molecule has 0 fully saturated rings. The molecule has 0 spiro atoms. The minimum Gasteiger partial charge on any atom is -0.412 e. The highest BCUT2D eigenvalue weighted by Gasteiger charge is 1.82. The van der Waals surface area contributed by atoms with Gasteiger partial charge in [-0.2, -0.15) is 0 Å². The predicted molar refractivity (Wildman–Crippen MR) is 51.6 cm³/mol. The normalized spacial score (nSPS) is 10.4. The summed E-state index contributed by atoms with van der Waals surface area (Å²) in [4.78, 5) is 0. The standard InChI is InChI=1S/C10H16.H2O/c1-4-6-7-8-9-10(3)5-2;/h4,6-8H,3,5,9H2,1-2H3;1H2/b6-4-,8-7-;. The summed E-state index contributed by atoms with van der Waals surface area (Å²) in [5.41, 5.74) is 1.29. The molecule has 0 rings (SSSR count). The van der Waals surface area contributed by atoms with E-state index in [1.807, 2.05) is 19.1 Å². The Kier molecular flexibility index (Phi) is 10.7. The van der Waals surface area contributed by atoms with Crippen LogP contribution in [0, 0.1) is 0 Å². The maximum absolute atomic E-state index is 3.90. The quantitative estimate of drug-likeness (QED) is 0.440. The third-order valence-corrected chi connectivity index (χ3v) is 1.35. The average molecular weight is 154 g/mol. The molecule has 0 aliphatic rings. The lowest BCUT2D eigenvalue weighted by Gasteiger charge is -1.92. The molecular formula is C10H18O. The van der Waals surface area contributed by atoms with E-state index in [0.717, 1.165) is 12.8 Å². The van der Waals surface area contributed by atoms with Gasteiger partial charge in [-0.3, -0.25) is 0 Å². The van der Waals surface area contributed by atoms with Gasteiger partial charge < -0.3 is 5.48 Å². The summed E-state index contributed by atoms with van der Waals surface area (Å²) < 4.78 is 0. The summed E-state index contributed by atoms with van der Waals surface area (Å²) in [7, 11) is 0. The Labute approximate surface area is 69.4 Å². The zero-order valence-corrected chi connectivity index (χ0v) is 7.43. The molecule has 1 nitrogen and oxygen atoms in total. The van der Waals surface area contributed by atoms with Gasteiger partial charge in [0.1, 0.15) is 0 Å². The molecule has 0 radical (unpaired) electrons. The minimum atomic E-state index is 0. The molecule has 0 atom stereocenters. The number of rotatable bonds is 4. The van der Waals surface area contributed by atoms with Crippen molar-refractivity contribution in [3.05, 3.63) is 36.5 Å². The van der Waals surface area contributed by atoms with Crippen LogP contribution >= 0.6 is 0 Å². The maximum Gasteiger partial charge on any atom is -0.0138 e. The second-order valence-electron chi connectivity index (χ2n) is 2.26. The molecule has 0 aliphatic carbocycles. The number of allylic oxidation sites excluding steroid dienone is 5. The van der Waals surface area contributed by atoms with E-state index in [1.54, 1.807) is 0 Å². The van der Waals surface area contributed by atoms with Crippen molar-refractivity contribution in [1.82, 2.24) is 0 Å². The molecule has 64 valence electrons. The van der Waals surface area contributed by atoms with E-state index in [9.17, 15) is 0 Å². The van der Waals surface area contributed by atoms with Crippen molar-refractivity contribution in [1.29, 1.82) is 0 Å². The van der Waals surface area contributed by atoms with Crippen LogP contribution in [0.4, 0.5) is 0 Å². The lowest BCUT2D eigenvalue weighted by atomic mass is 10.1. The predicted octanol–water partition coefficient (Wildman–Crippen LogP) is 2.65.